The van der Waals surface area contributed by atoms with Gasteiger partial charge in [0, 0.05) is 31.3 Å². The minimum Gasteiger partial charge on any atom is -0.456 e. The average Bonchev–Trinajstić information content (AvgIpc) is 2.90. The molecule has 0 aromatic heterocycles. The molecule has 0 aliphatic heterocycles. The summed E-state index contributed by atoms with van der Waals surface area (Å²) < 4.78 is 45.5. The van der Waals surface area contributed by atoms with Gasteiger partial charge in [0.05, 0.1) is 34.4 Å². The van der Waals surface area contributed by atoms with Crippen LogP contribution >= 0.6 is 23.2 Å². The highest BCUT2D eigenvalue weighted by Crippen LogP contribution is 2.30. The van der Waals surface area contributed by atoms with Crippen LogP contribution in [0.2, 0.25) is 10.0 Å². The highest BCUT2D eigenvalue weighted by molar-refractivity contribution is 7.92. The maximum absolute atomic E-state index is 13.5. The summed E-state index contributed by atoms with van der Waals surface area (Å²) in [4.78, 5) is 15.0. The molecular formula is C27H30Cl2N2O6S. The van der Waals surface area contributed by atoms with Crippen LogP contribution in [0.5, 0.6) is 11.5 Å². The standard InChI is InChI=1S/C27H30Cl2N2O6S/c1-3-35-17-15-31(16-18-36-4-2)27(32)23-19-20(28)9-14-25(23)30-38(33,34)22-12-10-21(11-13-22)37-26-8-6-5-7-24(26)29/h5-14,19,30H,3-4,15-18H2,1-2H3. The fraction of sp³-hybridized carbons (Fsp3) is 0.296. The van der Waals surface area contributed by atoms with E-state index in [1.807, 2.05) is 13.8 Å². The summed E-state index contributed by atoms with van der Waals surface area (Å²) in [6.45, 7) is 6.04. The number of nitrogens with zero attached hydrogens (tertiary/aromatic N) is 1. The molecule has 0 unspecified atom stereocenters. The molecule has 0 fully saturated rings. The van der Waals surface area contributed by atoms with Crippen molar-refractivity contribution in [2.24, 2.45) is 0 Å². The zero-order valence-electron chi connectivity index (χ0n) is 21.2. The lowest BCUT2D eigenvalue weighted by Crippen LogP contribution is -2.37. The lowest BCUT2D eigenvalue weighted by atomic mass is 10.1. The predicted octanol–water partition coefficient (Wildman–Crippen LogP) is 6.10. The average molecular weight is 582 g/mol. The van der Waals surface area contributed by atoms with Crippen LogP contribution in [0.15, 0.2) is 71.6 Å². The maximum atomic E-state index is 13.5. The van der Waals surface area contributed by atoms with Gasteiger partial charge in [-0.05, 0) is 68.4 Å². The number of nitrogens with one attached hydrogen (secondary N) is 1. The number of hydrogen-bond acceptors (Lipinski definition) is 6. The number of carbonyl (C=O) groups is 1. The SMILES string of the molecule is CCOCCN(CCOCC)C(=O)c1cc(Cl)ccc1NS(=O)(=O)c1ccc(Oc2ccccc2Cl)cc1. The number of sulfonamides is 1. The smallest absolute Gasteiger partial charge is 0.261 e. The Bertz CT molecular complexity index is 1310. The normalized spacial score (nSPS) is 11.3. The molecule has 1 N–H and O–H groups in total. The van der Waals surface area contributed by atoms with Crippen LogP contribution in [0.25, 0.3) is 0 Å². The Morgan fingerprint density at radius 1 is 0.895 bits per heavy atom. The molecule has 0 saturated carbocycles. The Morgan fingerprint density at radius 2 is 1.53 bits per heavy atom. The number of hydrogen-bond donors (Lipinski definition) is 1. The molecule has 0 spiro atoms. The maximum Gasteiger partial charge on any atom is 0.261 e. The van der Waals surface area contributed by atoms with Gasteiger partial charge in [-0.15, -0.1) is 0 Å². The second kappa shape index (κ2) is 14.4. The largest absolute Gasteiger partial charge is 0.456 e. The molecule has 0 bridgehead atoms. The van der Waals surface area contributed by atoms with E-state index >= 15 is 0 Å². The molecule has 38 heavy (non-hydrogen) atoms. The molecular weight excluding hydrogens is 551 g/mol. The van der Waals surface area contributed by atoms with Crippen molar-refractivity contribution in [3.05, 3.63) is 82.3 Å². The van der Waals surface area contributed by atoms with Crippen LogP contribution in [0.4, 0.5) is 5.69 Å². The number of ether oxygens (including phenoxy) is 3. The molecule has 0 aliphatic carbocycles. The number of benzene rings is 3. The molecule has 3 aromatic rings. The van der Waals surface area contributed by atoms with Crippen LogP contribution in [0.3, 0.4) is 0 Å². The van der Waals surface area contributed by atoms with E-state index in [0.29, 0.717) is 61.1 Å². The fourth-order valence-corrected chi connectivity index (χ4v) is 4.88. The highest BCUT2D eigenvalue weighted by Gasteiger charge is 2.23. The number of amides is 1. The van der Waals surface area contributed by atoms with Crippen molar-refractivity contribution >= 4 is 44.8 Å². The quantitative estimate of drug-likeness (QED) is 0.231. The van der Waals surface area contributed by atoms with Crippen LogP contribution in [0.1, 0.15) is 24.2 Å². The highest BCUT2D eigenvalue weighted by atomic mass is 35.5. The van der Waals surface area contributed by atoms with E-state index in [0.717, 1.165) is 0 Å². The Labute approximate surface area is 233 Å². The number of rotatable bonds is 14. The van der Waals surface area contributed by atoms with Crippen LogP contribution in [-0.2, 0) is 19.5 Å². The third-order valence-electron chi connectivity index (χ3n) is 5.36. The molecule has 11 heteroatoms. The summed E-state index contributed by atoms with van der Waals surface area (Å²) in [6.07, 6.45) is 0. The van der Waals surface area contributed by atoms with Gasteiger partial charge in [-0.25, -0.2) is 8.42 Å². The molecule has 8 nitrogen and oxygen atoms in total. The van der Waals surface area contributed by atoms with Gasteiger partial charge in [0.1, 0.15) is 11.5 Å². The van der Waals surface area contributed by atoms with E-state index in [-0.39, 0.29) is 16.1 Å². The molecule has 204 valence electrons. The van der Waals surface area contributed by atoms with E-state index in [1.165, 1.54) is 42.5 Å². The lowest BCUT2D eigenvalue weighted by Gasteiger charge is -2.24. The number of carbonyl (C=O) groups excluding carboxylic acids is 1. The van der Waals surface area contributed by atoms with E-state index < -0.39 is 15.9 Å². The van der Waals surface area contributed by atoms with Crippen molar-refractivity contribution in [2.45, 2.75) is 18.7 Å². The summed E-state index contributed by atoms with van der Waals surface area (Å²) in [7, 11) is -4.04. The molecule has 0 heterocycles. The predicted molar refractivity (Wildman–Crippen MR) is 149 cm³/mol. The summed E-state index contributed by atoms with van der Waals surface area (Å²) in [5.74, 6) is 0.470. The van der Waals surface area contributed by atoms with Gasteiger partial charge in [-0.2, -0.15) is 0 Å². The Kier molecular flexibility index (Phi) is 11.2. The Morgan fingerprint density at radius 3 is 2.13 bits per heavy atom. The number of anilines is 1. The van der Waals surface area contributed by atoms with Gasteiger partial charge in [-0.3, -0.25) is 9.52 Å². The van der Waals surface area contributed by atoms with Crippen molar-refractivity contribution in [1.29, 1.82) is 0 Å². The van der Waals surface area contributed by atoms with Crippen molar-refractivity contribution in [3.8, 4) is 11.5 Å². The lowest BCUT2D eigenvalue weighted by molar-refractivity contribution is 0.0551. The van der Waals surface area contributed by atoms with Crippen LogP contribution in [-0.4, -0.2) is 58.7 Å². The van der Waals surface area contributed by atoms with Gasteiger partial charge in [0.25, 0.3) is 15.9 Å². The van der Waals surface area contributed by atoms with E-state index in [9.17, 15) is 13.2 Å². The Balaban J connectivity index is 1.82. The van der Waals surface area contributed by atoms with Gasteiger partial charge < -0.3 is 19.1 Å². The number of halogens is 2. The molecule has 3 rings (SSSR count). The van der Waals surface area contributed by atoms with Crippen molar-refractivity contribution in [1.82, 2.24) is 4.90 Å². The van der Waals surface area contributed by atoms with Crippen LogP contribution < -0.4 is 9.46 Å². The minimum absolute atomic E-state index is 0.0121. The second-order valence-electron chi connectivity index (χ2n) is 7.99. The first-order chi connectivity index (χ1) is 18.2. The molecule has 0 saturated heterocycles. The topological polar surface area (TPSA) is 94.2 Å². The van der Waals surface area contributed by atoms with Crippen molar-refractivity contribution in [3.63, 3.8) is 0 Å². The third kappa shape index (κ3) is 8.34. The summed E-state index contributed by atoms with van der Waals surface area (Å²) >= 11 is 12.3. The monoisotopic (exact) mass is 580 g/mol. The summed E-state index contributed by atoms with van der Waals surface area (Å²) in [5.41, 5.74) is 0.223. The first kappa shape index (κ1) is 29.7. The van der Waals surface area contributed by atoms with E-state index in [1.54, 1.807) is 29.2 Å². The second-order valence-corrected chi connectivity index (χ2v) is 10.5. The van der Waals surface area contributed by atoms with Gasteiger partial charge in [0.15, 0.2) is 0 Å². The molecule has 1 amide bonds. The Hall–Kier alpha value is -2.82. The molecule has 0 aliphatic rings. The molecule has 0 atom stereocenters. The fourth-order valence-electron chi connectivity index (χ4n) is 3.45. The van der Waals surface area contributed by atoms with Gasteiger partial charge in [0.2, 0.25) is 0 Å². The first-order valence-corrected chi connectivity index (χ1v) is 14.3. The first-order valence-electron chi connectivity index (χ1n) is 12.0. The van der Waals surface area contributed by atoms with E-state index in [2.05, 4.69) is 4.72 Å². The van der Waals surface area contributed by atoms with Gasteiger partial charge >= 0.3 is 0 Å². The summed E-state index contributed by atoms with van der Waals surface area (Å²) in [5, 5.41) is 0.731. The zero-order valence-corrected chi connectivity index (χ0v) is 23.5. The minimum atomic E-state index is -4.04. The van der Waals surface area contributed by atoms with Crippen molar-refractivity contribution in [2.75, 3.05) is 44.2 Å². The zero-order chi connectivity index (χ0) is 27.5. The summed E-state index contributed by atoms with van der Waals surface area (Å²) in [6, 6.07) is 17.2. The molecule has 0 radical (unpaired) electrons. The van der Waals surface area contributed by atoms with Gasteiger partial charge in [-0.1, -0.05) is 35.3 Å². The van der Waals surface area contributed by atoms with Crippen LogP contribution in [0, 0.1) is 0 Å². The van der Waals surface area contributed by atoms with E-state index in [4.69, 9.17) is 37.4 Å². The number of para-hydroxylation sites is 1. The molecule has 3 aromatic carbocycles. The van der Waals surface area contributed by atoms with Crippen molar-refractivity contribution < 1.29 is 27.4 Å². The third-order valence-corrected chi connectivity index (χ3v) is 7.29.